The van der Waals surface area contributed by atoms with Crippen LogP contribution in [0.5, 0.6) is 0 Å². The monoisotopic (exact) mass is 204 g/mol. The Labute approximate surface area is 91.9 Å². The summed E-state index contributed by atoms with van der Waals surface area (Å²) in [6.07, 6.45) is 5.35. The van der Waals surface area contributed by atoms with E-state index in [4.69, 9.17) is 5.73 Å². The van der Waals surface area contributed by atoms with Gasteiger partial charge in [0.2, 0.25) is 0 Å². The summed E-state index contributed by atoms with van der Waals surface area (Å²) in [6.45, 7) is 2.24. The van der Waals surface area contributed by atoms with Crippen molar-refractivity contribution in [1.29, 1.82) is 0 Å². The van der Waals surface area contributed by atoms with Gasteiger partial charge in [-0.25, -0.2) is 0 Å². The molecule has 1 fully saturated rings. The van der Waals surface area contributed by atoms with Gasteiger partial charge < -0.3 is 11.1 Å². The fourth-order valence-electron chi connectivity index (χ4n) is 1.95. The lowest BCUT2D eigenvalue weighted by atomic mass is 10.1. The fourth-order valence-corrected chi connectivity index (χ4v) is 1.95. The summed E-state index contributed by atoms with van der Waals surface area (Å²) >= 11 is 0. The number of benzene rings is 1. The van der Waals surface area contributed by atoms with E-state index in [0.717, 1.165) is 17.3 Å². The lowest BCUT2D eigenvalue weighted by Gasteiger charge is -2.18. The quantitative estimate of drug-likeness (QED) is 0.722. The van der Waals surface area contributed by atoms with Crippen molar-refractivity contribution in [2.75, 3.05) is 11.1 Å². The van der Waals surface area contributed by atoms with Crippen molar-refractivity contribution in [3.8, 4) is 0 Å². The van der Waals surface area contributed by atoms with Crippen LogP contribution in [0.15, 0.2) is 24.3 Å². The molecular weight excluding hydrogens is 184 g/mol. The zero-order valence-electron chi connectivity index (χ0n) is 9.37. The van der Waals surface area contributed by atoms with E-state index < -0.39 is 0 Å². The van der Waals surface area contributed by atoms with E-state index in [2.05, 4.69) is 18.3 Å². The molecule has 3 N–H and O–H groups in total. The first kappa shape index (κ1) is 10.3. The van der Waals surface area contributed by atoms with Gasteiger partial charge in [-0.3, -0.25) is 0 Å². The standard InChI is InChI=1S/C13H20N2/c1-2-12(8-10-6-7-10)15-13-5-3-4-11(14)9-13/h3-5,9-10,12,15H,2,6-8,14H2,1H3. The molecule has 1 aliphatic rings. The van der Waals surface area contributed by atoms with Crippen LogP contribution < -0.4 is 11.1 Å². The van der Waals surface area contributed by atoms with Crippen molar-refractivity contribution < 1.29 is 0 Å². The predicted molar refractivity (Wildman–Crippen MR) is 65.9 cm³/mol. The first-order chi connectivity index (χ1) is 7.28. The molecule has 2 nitrogen and oxygen atoms in total. The summed E-state index contributed by atoms with van der Waals surface area (Å²) in [5, 5.41) is 3.56. The van der Waals surface area contributed by atoms with Gasteiger partial charge >= 0.3 is 0 Å². The number of nitrogens with one attached hydrogen (secondary N) is 1. The predicted octanol–water partition coefficient (Wildman–Crippen LogP) is 3.26. The summed E-state index contributed by atoms with van der Waals surface area (Å²) in [5.74, 6) is 0.975. The van der Waals surface area contributed by atoms with Crippen molar-refractivity contribution in [3.05, 3.63) is 24.3 Å². The first-order valence-electron chi connectivity index (χ1n) is 5.90. The third-order valence-electron chi connectivity index (χ3n) is 3.06. The molecular formula is C13H20N2. The summed E-state index contributed by atoms with van der Waals surface area (Å²) in [6, 6.07) is 8.63. The Morgan fingerprint density at radius 1 is 1.47 bits per heavy atom. The second kappa shape index (κ2) is 4.56. The Kier molecular flexibility index (Phi) is 3.14. The van der Waals surface area contributed by atoms with Crippen molar-refractivity contribution in [3.63, 3.8) is 0 Å². The largest absolute Gasteiger partial charge is 0.399 e. The maximum absolute atomic E-state index is 5.75. The maximum atomic E-state index is 5.75. The van der Waals surface area contributed by atoms with Crippen LogP contribution in [-0.2, 0) is 0 Å². The Hall–Kier alpha value is -1.18. The molecule has 1 unspecified atom stereocenters. The molecule has 0 saturated heterocycles. The van der Waals surface area contributed by atoms with Crippen LogP contribution in [0.2, 0.25) is 0 Å². The van der Waals surface area contributed by atoms with Crippen LogP contribution in [0.25, 0.3) is 0 Å². The van der Waals surface area contributed by atoms with E-state index in [1.165, 1.54) is 25.7 Å². The second-order valence-corrected chi connectivity index (χ2v) is 4.55. The Morgan fingerprint density at radius 3 is 2.87 bits per heavy atom. The van der Waals surface area contributed by atoms with Crippen molar-refractivity contribution in [1.82, 2.24) is 0 Å². The maximum Gasteiger partial charge on any atom is 0.0362 e. The normalized spacial score (nSPS) is 17.4. The smallest absolute Gasteiger partial charge is 0.0362 e. The number of rotatable bonds is 5. The SMILES string of the molecule is CCC(CC1CC1)Nc1cccc(N)c1. The molecule has 1 saturated carbocycles. The zero-order chi connectivity index (χ0) is 10.7. The van der Waals surface area contributed by atoms with E-state index in [0.29, 0.717) is 6.04 Å². The highest BCUT2D eigenvalue weighted by molar-refractivity contribution is 5.54. The van der Waals surface area contributed by atoms with E-state index in [1.807, 2.05) is 18.2 Å². The lowest BCUT2D eigenvalue weighted by molar-refractivity contribution is 0.587. The van der Waals surface area contributed by atoms with Crippen LogP contribution in [0.1, 0.15) is 32.6 Å². The zero-order valence-corrected chi connectivity index (χ0v) is 9.37. The topological polar surface area (TPSA) is 38.0 Å². The minimum atomic E-state index is 0.610. The van der Waals surface area contributed by atoms with Crippen LogP contribution in [0, 0.1) is 5.92 Å². The first-order valence-corrected chi connectivity index (χ1v) is 5.90. The molecule has 0 spiro atoms. The van der Waals surface area contributed by atoms with Crippen molar-refractivity contribution in [2.24, 2.45) is 5.92 Å². The van der Waals surface area contributed by atoms with Gasteiger partial charge in [0, 0.05) is 17.4 Å². The molecule has 2 heteroatoms. The van der Waals surface area contributed by atoms with E-state index in [9.17, 15) is 0 Å². The number of anilines is 2. The second-order valence-electron chi connectivity index (χ2n) is 4.55. The number of hydrogen-bond acceptors (Lipinski definition) is 2. The van der Waals surface area contributed by atoms with Gasteiger partial charge in [-0.1, -0.05) is 25.8 Å². The summed E-state index contributed by atoms with van der Waals surface area (Å²) in [7, 11) is 0. The van der Waals surface area contributed by atoms with Gasteiger partial charge in [0.05, 0.1) is 0 Å². The van der Waals surface area contributed by atoms with Crippen LogP contribution in [0.3, 0.4) is 0 Å². The molecule has 0 bridgehead atoms. The fraction of sp³-hybridized carbons (Fsp3) is 0.538. The summed E-state index contributed by atoms with van der Waals surface area (Å²) in [4.78, 5) is 0. The van der Waals surface area contributed by atoms with Gasteiger partial charge in [0.1, 0.15) is 0 Å². The molecule has 1 aromatic carbocycles. The molecule has 82 valence electrons. The van der Waals surface area contributed by atoms with Crippen LogP contribution in [-0.4, -0.2) is 6.04 Å². The molecule has 0 heterocycles. The average Bonchev–Trinajstić information content (AvgIpc) is 3.01. The van der Waals surface area contributed by atoms with E-state index in [1.54, 1.807) is 0 Å². The van der Waals surface area contributed by atoms with Crippen molar-refractivity contribution >= 4 is 11.4 Å². The summed E-state index contributed by atoms with van der Waals surface area (Å²) in [5.41, 5.74) is 7.74. The third kappa shape index (κ3) is 3.15. The van der Waals surface area contributed by atoms with Crippen molar-refractivity contribution in [2.45, 2.75) is 38.6 Å². The van der Waals surface area contributed by atoms with Crippen LogP contribution >= 0.6 is 0 Å². The van der Waals surface area contributed by atoms with E-state index in [-0.39, 0.29) is 0 Å². The third-order valence-corrected chi connectivity index (χ3v) is 3.06. The summed E-state index contributed by atoms with van der Waals surface area (Å²) < 4.78 is 0. The number of hydrogen-bond donors (Lipinski definition) is 2. The molecule has 0 radical (unpaired) electrons. The molecule has 1 aliphatic carbocycles. The highest BCUT2D eigenvalue weighted by Gasteiger charge is 2.24. The lowest BCUT2D eigenvalue weighted by Crippen LogP contribution is -2.19. The highest BCUT2D eigenvalue weighted by atomic mass is 14.9. The minimum absolute atomic E-state index is 0.610. The van der Waals surface area contributed by atoms with E-state index >= 15 is 0 Å². The van der Waals surface area contributed by atoms with Gasteiger partial charge in [0.25, 0.3) is 0 Å². The molecule has 1 aromatic rings. The highest BCUT2D eigenvalue weighted by Crippen LogP contribution is 2.34. The molecule has 15 heavy (non-hydrogen) atoms. The number of nitrogens with two attached hydrogens (primary N) is 1. The molecule has 1 atom stereocenters. The van der Waals surface area contributed by atoms with Gasteiger partial charge in [-0.15, -0.1) is 0 Å². The van der Waals surface area contributed by atoms with Crippen LogP contribution in [0.4, 0.5) is 11.4 Å². The Bertz CT molecular complexity index is 318. The molecule has 0 amide bonds. The van der Waals surface area contributed by atoms with Gasteiger partial charge in [-0.05, 0) is 37.0 Å². The minimum Gasteiger partial charge on any atom is -0.399 e. The molecule has 2 rings (SSSR count). The van der Waals surface area contributed by atoms with Gasteiger partial charge in [0.15, 0.2) is 0 Å². The molecule has 0 aromatic heterocycles. The Balaban J connectivity index is 1.92. The molecule has 0 aliphatic heterocycles. The Morgan fingerprint density at radius 2 is 2.27 bits per heavy atom. The number of nitrogen functional groups attached to an aromatic ring is 1. The van der Waals surface area contributed by atoms with Gasteiger partial charge in [-0.2, -0.15) is 0 Å². The average molecular weight is 204 g/mol.